The van der Waals surface area contributed by atoms with E-state index in [1.165, 1.54) is 24.4 Å². The van der Waals surface area contributed by atoms with Crippen molar-refractivity contribution in [1.82, 2.24) is 5.43 Å². The van der Waals surface area contributed by atoms with E-state index >= 15 is 0 Å². The first kappa shape index (κ1) is 19.6. The topological polar surface area (TPSA) is 97.7 Å². The molecule has 0 aliphatic heterocycles. The molecular weight excluding hydrogens is 405 g/mol. The van der Waals surface area contributed by atoms with Crippen molar-refractivity contribution in [2.75, 3.05) is 0 Å². The molecule has 9 heteroatoms. The molecule has 0 saturated heterocycles. The van der Waals surface area contributed by atoms with Crippen molar-refractivity contribution >= 4 is 41.0 Å². The average Bonchev–Trinajstić information content (AvgIpc) is 3.10. The van der Waals surface area contributed by atoms with Gasteiger partial charge in [0.05, 0.1) is 26.7 Å². The van der Waals surface area contributed by atoms with Crippen LogP contribution in [0.5, 0.6) is 0 Å². The Hall–Kier alpha value is -3.16. The van der Waals surface area contributed by atoms with Gasteiger partial charge in [0, 0.05) is 17.7 Å². The number of benzene rings is 2. The van der Waals surface area contributed by atoms with E-state index in [0.29, 0.717) is 27.7 Å². The number of hydrazone groups is 1. The third kappa shape index (κ3) is 4.39. The third-order valence-corrected chi connectivity index (χ3v) is 4.41. The second-order valence-corrected chi connectivity index (χ2v) is 6.62. The lowest BCUT2D eigenvalue weighted by atomic mass is 10.1. The summed E-state index contributed by atoms with van der Waals surface area (Å²) < 4.78 is 5.60. The summed E-state index contributed by atoms with van der Waals surface area (Å²) in [5.41, 5.74) is 4.01. The summed E-state index contributed by atoms with van der Waals surface area (Å²) in [6.07, 6.45) is 1.32. The van der Waals surface area contributed by atoms with Crippen molar-refractivity contribution in [2.45, 2.75) is 6.92 Å². The predicted octanol–water partition coefficient (Wildman–Crippen LogP) is 5.23. The summed E-state index contributed by atoms with van der Waals surface area (Å²) in [6, 6.07) is 12.4. The number of hydrogen-bond donors (Lipinski definition) is 1. The van der Waals surface area contributed by atoms with Crippen molar-refractivity contribution in [3.05, 3.63) is 85.6 Å². The number of nitrogens with one attached hydrogen (secondary N) is 1. The predicted molar refractivity (Wildman–Crippen MR) is 107 cm³/mol. The summed E-state index contributed by atoms with van der Waals surface area (Å²) >= 11 is 12.1. The Bertz CT molecular complexity index is 1090. The molecule has 28 heavy (non-hydrogen) atoms. The van der Waals surface area contributed by atoms with Gasteiger partial charge in [-0.1, -0.05) is 29.3 Å². The van der Waals surface area contributed by atoms with Gasteiger partial charge in [-0.2, -0.15) is 5.10 Å². The minimum atomic E-state index is -0.529. The highest BCUT2D eigenvalue weighted by molar-refractivity contribution is 6.34. The van der Waals surface area contributed by atoms with Crippen LogP contribution in [0.25, 0.3) is 11.3 Å². The van der Waals surface area contributed by atoms with Crippen molar-refractivity contribution in [3.8, 4) is 11.3 Å². The van der Waals surface area contributed by atoms with Gasteiger partial charge >= 0.3 is 0 Å². The van der Waals surface area contributed by atoms with Crippen LogP contribution >= 0.6 is 23.2 Å². The number of nitro benzene ring substituents is 1. The zero-order valence-electron chi connectivity index (χ0n) is 14.5. The normalized spacial score (nSPS) is 11.0. The Morgan fingerprint density at radius 2 is 1.93 bits per heavy atom. The van der Waals surface area contributed by atoms with Gasteiger partial charge < -0.3 is 4.42 Å². The molecule has 3 aromatic rings. The first-order valence-electron chi connectivity index (χ1n) is 7.99. The molecule has 0 spiro atoms. The highest BCUT2D eigenvalue weighted by Gasteiger charge is 2.13. The van der Waals surface area contributed by atoms with E-state index in [2.05, 4.69) is 10.5 Å². The van der Waals surface area contributed by atoms with Crippen molar-refractivity contribution < 1.29 is 14.1 Å². The molecule has 0 saturated carbocycles. The van der Waals surface area contributed by atoms with Gasteiger partial charge in [-0.05, 0) is 42.8 Å². The van der Waals surface area contributed by atoms with Crippen LogP contribution in [0.1, 0.15) is 21.7 Å². The van der Waals surface area contributed by atoms with Crippen molar-refractivity contribution in [1.29, 1.82) is 0 Å². The van der Waals surface area contributed by atoms with E-state index < -0.39 is 10.8 Å². The van der Waals surface area contributed by atoms with Crippen LogP contribution < -0.4 is 5.43 Å². The second-order valence-electron chi connectivity index (χ2n) is 5.81. The molecule has 3 rings (SSSR count). The van der Waals surface area contributed by atoms with Gasteiger partial charge in [-0.25, -0.2) is 5.43 Å². The molecule has 0 radical (unpaired) electrons. The summed E-state index contributed by atoms with van der Waals surface area (Å²) in [5, 5.41) is 15.2. The maximum absolute atomic E-state index is 12.1. The van der Waals surface area contributed by atoms with E-state index in [1.54, 1.807) is 30.3 Å². The second kappa shape index (κ2) is 8.24. The number of aryl methyl sites for hydroxylation is 1. The Kier molecular flexibility index (Phi) is 5.77. The lowest BCUT2D eigenvalue weighted by molar-refractivity contribution is -0.384. The minimum Gasteiger partial charge on any atom is -0.455 e. The molecule has 0 bridgehead atoms. The molecular formula is C19H13Cl2N3O4. The Balaban J connectivity index is 1.71. The monoisotopic (exact) mass is 417 g/mol. The van der Waals surface area contributed by atoms with Crippen LogP contribution in [0.3, 0.4) is 0 Å². The molecule has 0 fully saturated rings. The van der Waals surface area contributed by atoms with E-state index in [0.717, 1.165) is 5.56 Å². The fourth-order valence-electron chi connectivity index (χ4n) is 2.40. The number of carbonyl (C=O) groups excluding carboxylic acids is 1. The molecule has 0 unspecified atom stereocenters. The van der Waals surface area contributed by atoms with Crippen molar-refractivity contribution in [3.63, 3.8) is 0 Å². The summed E-state index contributed by atoms with van der Waals surface area (Å²) in [7, 11) is 0. The highest BCUT2D eigenvalue weighted by atomic mass is 35.5. The van der Waals surface area contributed by atoms with Crippen LogP contribution in [-0.2, 0) is 0 Å². The van der Waals surface area contributed by atoms with Gasteiger partial charge in [0.2, 0.25) is 0 Å². The van der Waals surface area contributed by atoms with Crippen LogP contribution in [0.15, 0.2) is 58.0 Å². The molecule has 1 aromatic heterocycles. The average molecular weight is 418 g/mol. The number of furan rings is 1. The zero-order valence-corrected chi connectivity index (χ0v) is 16.0. The number of nitrogens with zero attached hydrogens (tertiary/aromatic N) is 2. The van der Waals surface area contributed by atoms with Crippen LogP contribution in [0.4, 0.5) is 5.69 Å². The number of carbonyl (C=O) groups is 1. The van der Waals surface area contributed by atoms with Gasteiger partial charge in [0.15, 0.2) is 0 Å². The molecule has 0 atom stereocenters. The Morgan fingerprint density at radius 1 is 1.14 bits per heavy atom. The van der Waals surface area contributed by atoms with E-state index in [1.807, 2.05) is 6.92 Å². The molecule has 7 nitrogen and oxygen atoms in total. The Labute approximate surface area is 169 Å². The number of amides is 1. The molecule has 1 amide bonds. The van der Waals surface area contributed by atoms with Gasteiger partial charge in [-0.15, -0.1) is 0 Å². The van der Waals surface area contributed by atoms with Crippen LogP contribution in [-0.4, -0.2) is 17.0 Å². The molecule has 2 aromatic carbocycles. The standard InChI is InChI=1S/C19H13Cl2N3O4/c1-11-2-5-15(16(20)8-11)19(25)23-22-10-13-4-7-18(28-13)14-6-3-12(24(26)27)9-17(14)21/h2-10H,1H3,(H,23,25)/b22-10+. The largest absolute Gasteiger partial charge is 0.455 e. The van der Waals surface area contributed by atoms with Gasteiger partial charge in [0.25, 0.3) is 11.6 Å². The van der Waals surface area contributed by atoms with E-state index in [4.69, 9.17) is 27.6 Å². The highest BCUT2D eigenvalue weighted by Crippen LogP contribution is 2.32. The first-order chi connectivity index (χ1) is 13.3. The fraction of sp³-hybridized carbons (Fsp3) is 0.0526. The van der Waals surface area contributed by atoms with Crippen LogP contribution in [0, 0.1) is 17.0 Å². The lowest BCUT2D eigenvalue weighted by Gasteiger charge is -2.03. The van der Waals surface area contributed by atoms with Gasteiger partial charge in [-0.3, -0.25) is 14.9 Å². The van der Waals surface area contributed by atoms with Gasteiger partial charge in [0.1, 0.15) is 11.5 Å². The number of non-ortho nitro benzene ring substituents is 1. The molecule has 142 valence electrons. The van der Waals surface area contributed by atoms with Crippen molar-refractivity contribution in [2.24, 2.45) is 5.10 Å². The summed E-state index contributed by atoms with van der Waals surface area (Å²) in [5.74, 6) is 0.320. The summed E-state index contributed by atoms with van der Waals surface area (Å²) in [4.78, 5) is 22.4. The molecule has 0 aliphatic rings. The molecule has 1 heterocycles. The molecule has 1 N–H and O–H groups in total. The number of halogens is 2. The van der Waals surface area contributed by atoms with E-state index in [-0.39, 0.29) is 10.7 Å². The summed E-state index contributed by atoms with van der Waals surface area (Å²) in [6.45, 7) is 1.87. The Morgan fingerprint density at radius 3 is 2.61 bits per heavy atom. The lowest BCUT2D eigenvalue weighted by Crippen LogP contribution is -2.18. The van der Waals surface area contributed by atoms with E-state index in [9.17, 15) is 14.9 Å². The third-order valence-electron chi connectivity index (χ3n) is 3.78. The minimum absolute atomic E-state index is 0.112. The quantitative estimate of drug-likeness (QED) is 0.348. The smallest absolute Gasteiger partial charge is 0.272 e. The molecule has 0 aliphatic carbocycles. The number of hydrogen-bond acceptors (Lipinski definition) is 5. The first-order valence-corrected chi connectivity index (χ1v) is 8.74. The number of nitro groups is 1. The fourth-order valence-corrected chi connectivity index (χ4v) is 2.99. The maximum atomic E-state index is 12.1. The maximum Gasteiger partial charge on any atom is 0.272 e. The number of rotatable bonds is 5. The SMILES string of the molecule is Cc1ccc(C(=O)N/N=C/c2ccc(-c3ccc([N+](=O)[O-])cc3Cl)o2)c(Cl)c1. The van der Waals surface area contributed by atoms with Crippen LogP contribution in [0.2, 0.25) is 10.0 Å². The zero-order chi connectivity index (χ0) is 20.3.